The standard InChI is InChI=1S/C25H31N3O5/c1-17(2)22(26-23(29)18-8-10-20(32-3)11-9-18)25(31)28-14-12-27(13-15-28)24(30)19-6-5-7-21(16-19)33-4/h5-11,16-17,22H,12-15H2,1-4H3,(H,26,29). The second-order valence-corrected chi connectivity index (χ2v) is 8.27. The number of nitrogens with one attached hydrogen (secondary N) is 1. The van der Waals surface area contributed by atoms with Crippen LogP contribution in [0.4, 0.5) is 0 Å². The van der Waals surface area contributed by atoms with Crippen molar-refractivity contribution in [2.45, 2.75) is 19.9 Å². The maximum Gasteiger partial charge on any atom is 0.254 e. The lowest BCUT2D eigenvalue weighted by atomic mass is 10.0. The van der Waals surface area contributed by atoms with E-state index < -0.39 is 6.04 Å². The van der Waals surface area contributed by atoms with E-state index in [1.54, 1.807) is 72.6 Å². The molecule has 1 atom stereocenters. The molecule has 1 N–H and O–H groups in total. The van der Waals surface area contributed by atoms with Crippen LogP contribution in [0.25, 0.3) is 0 Å². The van der Waals surface area contributed by atoms with Crippen LogP contribution in [-0.4, -0.2) is 74.0 Å². The van der Waals surface area contributed by atoms with Gasteiger partial charge in [0.25, 0.3) is 11.8 Å². The van der Waals surface area contributed by atoms with E-state index in [4.69, 9.17) is 9.47 Å². The molecular formula is C25H31N3O5. The van der Waals surface area contributed by atoms with Crippen molar-refractivity contribution in [1.82, 2.24) is 15.1 Å². The molecule has 0 radical (unpaired) electrons. The molecule has 176 valence electrons. The van der Waals surface area contributed by atoms with E-state index in [0.717, 1.165) is 0 Å². The molecule has 1 heterocycles. The first kappa shape index (κ1) is 24.1. The van der Waals surface area contributed by atoms with Crippen LogP contribution in [0.2, 0.25) is 0 Å². The van der Waals surface area contributed by atoms with Crippen LogP contribution >= 0.6 is 0 Å². The van der Waals surface area contributed by atoms with E-state index >= 15 is 0 Å². The second kappa shape index (κ2) is 10.8. The number of rotatable bonds is 7. The van der Waals surface area contributed by atoms with Crippen molar-refractivity contribution in [1.29, 1.82) is 0 Å². The Morgan fingerprint density at radius 1 is 0.818 bits per heavy atom. The van der Waals surface area contributed by atoms with Gasteiger partial charge in [0.1, 0.15) is 17.5 Å². The van der Waals surface area contributed by atoms with Gasteiger partial charge >= 0.3 is 0 Å². The van der Waals surface area contributed by atoms with Crippen LogP contribution in [0.3, 0.4) is 0 Å². The molecule has 3 amide bonds. The van der Waals surface area contributed by atoms with Crippen molar-refractivity contribution >= 4 is 17.7 Å². The van der Waals surface area contributed by atoms with Crippen molar-refractivity contribution in [2.75, 3.05) is 40.4 Å². The number of piperazine rings is 1. The van der Waals surface area contributed by atoms with E-state index in [1.165, 1.54) is 0 Å². The highest BCUT2D eigenvalue weighted by atomic mass is 16.5. The van der Waals surface area contributed by atoms with Gasteiger partial charge in [-0.1, -0.05) is 19.9 Å². The van der Waals surface area contributed by atoms with Gasteiger partial charge in [-0.25, -0.2) is 0 Å². The molecule has 0 aromatic heterocycles. The first-order valence-corrected chi connectivity index (χ1v) is 11.0. The zero-order valence-corrected chi connectivity index (χ0v) is 19.5. The lowest BCUT2D eigenvalue weighted by Crippen LogP contribution is -2.57. The van der Waals surface area contributed by atoms with E-state index in [9.17, 15) is 14.4 Å². The number of amides is 3. The lowest BCUT2D eigenvalue weighted by molar-refractivity contribution is -0.135. The van der Waals surface area contributed by atoms with E-state index in [1.807, 2.05) is 13.8 Å². The molecule has 2 aromatic carbocycles. The van der Waals surface area contributed by atoms with Gasteiger partial charge in [0.05, 0.1) is 14.2 Å². The maximum absolute atomic E-state index is 13.2. The monoisotopic (exact) mass is 453 g/mol. The van der Waals surface area contributed by atoms with Crippen LogP contribution in [-0.2, 0) is 4.79 Å². The molecule has 0 aliphatic carbocycles. The zero-order chi connectivity index (χ0) is 24.0. The average molecular weight is 454 g/mol. The number of benzene rings is 2. The summed E-state index contributed by atoms with van der Waals surface area (Å²) in [5.74, 6) is 0.661. The van der Waals surface area contributed by atoms with Crippen LogP contribution in [0, 0.1) is 5.92 Å². The fourth-order valence-corrected chi connectivity index (χ4v) is 3.75. The fourth-order valence-electron chi connectivity index (χ4n) is 3.75. The van der Waals surface area contributed by atoms with Gasteiger partial charge in [-0.05, 0) is 48.4 Å². The topological polar surface area (TPSA) is 88.2 Å². The largest absolute Gasteiger partial charge is 0.497 e. The van der Waals surface area contributed by atoms with E-state index in [-0.39, 0.29) is 23.6 Å². The molecule has 0 spiro atoms. The summed E-state index contributed by atoms with van der Waals surface area (Å²) in [6.07, 6.45) is 0. The minimum absolute atomic E-state index is 0.0869. The Hall–Kier alpha value is -3.55. The summed E-state index contributed by atoms with van der Waals surface area (Å²) in [6.45, 7) is 5.49. The molecule has 1 aliphatic rings. The third kappa shape index (κ3) is 5.83. The summed E-state index contributed by atoms with van der Waals surface area (Å²) in [4.78, 5) is 42.2. The van der Waals surface area contributed by atoms with Gasteiger partial charge in [-0.3, -0.25) is 14.4 Å². The number of carbonyl (C=O) groups excluding carboxylic acids is 3. The highest BCUT2D eigenvalue weighted by Gasteiger charge is 2.32. The molecule has 3 rings (SSSR count). The Morgan fingerprint density at radius 2 is 1.42 bits per heavy atom. The molecule has 1 saturated heterocycles. The van der Waals surface area contributed by atoms with E-state index in [2.05, 4.69) is 5.32 Å². The number of nitrogens with zero attached hydrogens (tertiary/aromatic N) is 2. The third-order valence-corrected chi connectivity index (χ3v) is 5.77. The SMILES string of the molecule is COc1ccc(C(=O)NC(C(=O)N2CCN(C(=O)c3cccc(OC)c3)CC2)C(C)C)cc1. The fraction of sp³-hybridized carbons (Fsp3) is 0.400. The summed E-state index contributed by atoms with van der Waals surface area (Å²) >= 11 is 0. The number of ether oxygens (including phenoxy) is 2. The molecular weight excluding hydrogens is 422 g/mol. The summed E-state index contributed by atoms with van der Waals surface area (Å²) < 4.78 is 10.3. The molecule has 8 nitrogen and oxygen atoms in total. The highest BCUT2D eigenvalue weighted by molar-refractivity contribution is 5.98. The van der Waals surface area contributed by atoms with Crippen LogP contribution < -0.4 is 14.8 Å². The minimum atomic E-state index is -0.653. The van der Waals surface area contributed by atoms with Gasteiger partial charge in [-0.2, -0.15) is 0 Å². The maximum atomic E-state index is 13.2. The average Bonchev–Trinajstić information content (AvgIpc) is 2.86. The van der Waals surface area contributed by atoms with Crippen molar-refractivity contribution in [3.63, 3.8) is 0 Å². The van der Waals surface area contributed by atoms with Gasteiger partial charge in [-0.15, -0.1) is 0 Å². The molecule has 1 aliphatic heterocycles. The lowest BCUT2D eigenvalue weighted by Gasteiger charge is -2.37. The first-order chi connectivity index (χ1) is 15.8. The van der Waals surface area contributed by atoms with Gasteiger partial charge in [0.2, 0.25) is 5.91 Å². The van der Waals surface area contributed by atoms with Gasteiger partial charge in [0.15, 0.2) is 0 Å². The molecule has 0 saturated carbocycles. The predicted octanol–water partition coefficient (Wildman–Crippen LogP) is 2.44. The summed E-state index contributed by atoms with van der Waals surface area (Å²) in [6, 6.07) is 13.1. The Morgan fingerprint density at radius 3 is 2.00 bits per heavy atom. The smallest absolute Gasteiger partial charge is 0.254 e. The summed E-state index contributed by atoms with van der Waals surface area (Å²) in [5, 5.41) is 2.87. The number of hydrogen-bond donors (Lipinski definition) is 1. The Bertz CT molecular complexity index is 982. The zero-order valence-electron chi connectivity index (χ0n) is 19.5. The third-order valence-electron chi connectivity index (χ3n) is 5.77. The Labute approximate surface area is 194 Å². The van der Waals surface area contributed by atoms with Gasteiger partial charge in [0, 0.05) is 37.3 Å². The Kier molecular flexibility index (Phi) is 7.92. The molecule has 33 heavy (non-hydrogen) atoms. The van der Waals surface area contributed by atoms with Crippen molar-refractivity contribution in [3.05, 3.63) is 59.7 Å². The van der Waals surface area contributed by atoms with Crippen molar-refractivity contribution in [2.24, 2.45) is 5.92 Å². The van der Waals surface area contributed by atoms with Crippen LogP contribution in [0.1, 0.15) is 34.6 Å². The number of methoxy groups -OCH3 is 2. The summed E-state index contributed by atoms with van der Waals surface area (Å²) in [7, 11) is 3.12. The molecule has 2 aromatic rings. The normalized spacial score (nSPS) is 14.6. The quantitative estimate of drug-likeness (QED) is 0.696. The summed E-state index contributed by atoms with van der Waals surface area (Å²) in [5.41, 5.74) is 1.02. The molecule has 1 fully saturated rings. The minimum Gasteiger partial charge on any atom is -0.497 e. The van der Waals surface area contributed by atoms with Gasteiger partial charge < -0.3 is 24.6 Å². The predicted molar refractivity (Wildman–Crippen MR) is 125 cm³/mol. The molecule has 1 unspecified atom stereocenters. The Balaban J connectivity index is 1.60. The van der Waals surface area contributed by atoms with Crippen LogP contribution in [0.15, 0.2) is 48.5 Å². The highest BCUT2D eigenvalue weighted by Crippen LogP contribution is 2.17. The second-order valence-electron chi connectivity index (χ2n) is 8.27. The van der Waals surface area contributed by atoms with E-state index in [0.29, 0.717) is 48.8 Å². The number of hydrogen-bond acceptors (Lipinski definition) is 5. The molecule has 0 bridgehead atoms. The first-order valence-electron chi connectivity index (χ1n) is 11.0. The number of carbonyl (C=O) groups is 3. The van der Waals surface area contributed by atoms with Crippen molar-refractivity contribution in [3.8, 4) is 11.5 Å². The van der Waals surface area contributed by atoms with Crippen molar-refractivity contribution < 1.29 is 23.9 Å². The molecule has 8 heteroatoms. The van der Waals surface area contributed by atoms with Crippen LogP contribution in [0.5, 0.6) is 11.5 Å².